The molecule has 3 aliphatic rings. The molecule has 0 radical (unpaired) electrons. The van der Waals surface area contributed by atoms with Crippen molar-refractivity contribution in [1.82, 2.24) is 58.1 Å². The summed E-state index contributed by atoms with van der Waals surface area (Å²) in [5.41, 5.74) is -1.45. The van der Waals surface area contributed by atoms with Crippen molar-refractivity contribution in [3.05, 3.63) is 0 Å². The van der Waals surface area contributed by atoms with Crippen LogP contribution in [0.4, 0.5) is 0 Å². The molecule has 11 amide bonds. The quantitative estimate of drug-likeness (QED) is 0.0160. The minimum absolute atomic E-state index is 0.0337. The molecule has 0 spiro atoms. The number of phosphoric acid groups is 1. The van der Waals surface area contributed by atoms with E-state index in [4.69, 9.17) is 47.2 Å². The SMILES string of the molecule is COP(=O)(O)OCC1CCCN1C(=O)CCCCCCCCCCC(=O)NC(COCCC(=O)NCCCNC(=O)CCCCOC1OC(CO)C(O)C(O)C1NC(C)=O)(COCCC(=O)NCCCNC(=O)CCCCOC1OC(CO)C(O)C(O)C1NC(C)=O)COCCC(=O)NCCCNC(=O)CCCCOC(OC(CO)[C@@H](C)O)[C@H](CO)NC(C)=O. The lowest BCUT2D eigenvalue weighted by molar-refractivity contribution is -0.270. The van der Waals surface area contributed by atoms with Crippen LogP contribution in [0, 0.1) is 0 Å². The van der Waals surface area contributed by atoms with Gasteiger partial charge in [-0.05, 0) is 90.4 Å². The van der Waals surface area contributed by atoms with Crippen molar-refractivity contribution in [2.75, 3.05) is 145 Å². The average Bonchev–Trinajstić information content (AvgIpc) is 1.25. The molecule has 0 aromatic heterocycles. The summed E-state index contributed by atoms with van der Waals surface area (Å²) in [6.45, 7) is 3.47. The second-order valence-electron chi connectivity index (χ2n) is 31.4. The number of hydrogen-bond donors (Lipinski definition) is 20. The monoisotopic (exact) mass is 1820 g/mol. The molecule has 3 saturated heterocycles. The van der Waals surface area contributed by atoms with Gasteiger partial charge < -0.3 is 152 Å². The standard InChI is InChI=1S/C80H146N11O33P/c1-54(96)60(47-93)122-77(59(46-92)87-55(2)97)118-40-17-14-25-63(100)81-33-21-36-84-66(103)30-43-115-51-80(90-69(106)28-12-10-8-6-7-9-11-13-29-70(107)91-39-20-24-58(91)50-121-125(112,113)114-5,52-116-44-31-67(104)85-37-22-34-82-64(101)26-15-18-41-119-78-71(88-56(3)98)75(110)73(108)61(48-94)123-78)53-117-45-32-68(105)86-38-23-35-83-65(102)27-16-19-42-120-79-72(89-57(4)99)76(111)74(109)62(49-95)124-79/h54,58-62,71-79,92-96,108-111H,6-53H2,1-5H3,(H,81,100)(H,82,101)(H,83,102)(H,84,103)(H,85,104)(H,86,105)(H,87,97)(H,88,98)(H,89,99)(H,90,106)(H,112,113)/t54-,58?,59+,60?,61?,62?,71?,72?,73?,74?,75?,76?,77?,78?,79?,80?/m1/s1. The minimum Gasteiger partial charge on any atom is -0.394 e. The third-order valence-corrected chi connectivity index (χ3v) is 21.5. The number of hydrogen-bond acceptors (Lipinski definition) is 32. The summed E-state index contributed by atoms with van der Waals surface area (Å²) in [4.78, 5) is 151. The predicted molar refractivity (Wildman–Crippen MR) is 445 cm³/mol. The van der Waals surface area contributed by atoms with Crippen LogP contribution in [-0.2, 0) is 109 Å². The van der Waals surface area contributed by atoms with Gasteiger partial charge in [-0.25, -0.2) is 4.57 Å². The lowest BCUT2D eigenvalue weighted by Gasteiger charge is -2.42. The first-order chi connectivity index (χ1) is 59.8. The zero-order chi connectivity index (χ0) is 92.4. The van der Waals surface area contributed by atoms with Gasteiger partial charge in [-0.2, -0.15) is 0 Å². The van der Waals surface area contributed by atoms with Gasteiger partial charge in [0.15, 0.2) is 18.9 Å². The zero-order valence-electron chi connectivity index (χ0n) is 73.4. The Hall–Kier alpha value is -6.44. The van der Waals surface area contributed by atoms with Crippen LogP contribution in [0.3, 0.4) is 0 Å². The Labute approximate surface area is 731 Å². The maximum atomic E-state index is 14.1. The van der Waals surface area contributed by atoms with E-state index in [-0.39, 0.29) is 204 Å². The van der Waals surface area contributed by atoms with Crippen molar-refractivity contribution in [1.29, 1.82) is 0 Å². The molecule has 3 fully saturated rings. The van der Waals surface area contributed by atoms with Gasteiger partial charge in [0.1, 0.15) is 66.4 Å². The Morgan fingerprint density at radius 1 is 0.480 bits per heavy atom. The molecule has 20 N–H and O–H groups in total. The summed E-state index contributed by atoms with van der Waals surface area (Å²) >= 11 is 0. The van der Waals surface area contributed by atoms with E-state index in [1.165, 1.54) is 27.7 Å². The number of likely N-dealkylation sites (tertiary alicyclic amines) is 1. The van der Waals surface area contributed by atoms with Crippen LogP contribution in [0.2, 0.25) is 0 Å². The number of unbranched alkanes of at least 4 members (excludes halogenated alkanes) is 10. The molecule has 0 aromatic rings. The van der Waals surface area contributed by atoms with Gasteiger partial charge in [-0.1, -0.05) is 38.5 Å². The topological polar surface area (TPSA) is 632 Å². The first kappa shape index (κ1) is 113. The van der Waals surface area contributed by atoms with Crippen LogP contribution in [0.5, 0.6) is 0 Å². The minimum atomic E-state index is -4.18. The number of carbonyl (C=O) groups is 11. The van der Waals surface area contributed by atoms with Gasteiger partial charge in [0.05, 0.1) is 84.8 Å². The molecule has 3 aliphatic heterocycles. The van der Waals surface area contributed by atoms with Crippen molar-refractivity contribution in [2.24, 2.45) is 0 Å². The fraction of sp³-hybridized carbons (Fsp3) is 0.863. The molecule has 44 nitrogen and oxygen atoms in total. The largest absolute Gasteiger partial charge is 0.471 e. The number of nitrogens with zero attached hydrogens (tertiary/aromatic N) is 1. The molecule has 0 aliphatic carbocycles. The van der Waals surface area contributed by atoms with E-state index < -0.39 is 143 Å². The molecule has 125 heavy (non-hydrogen) atoms. The van der Waals surface area contributed by atoms with E-state index >= 15 is 0 Å². The summed E-state index contributed by atoms with van der Waals surface area (Å²) in [5.74, 6) is -3.83. The second-order valence-corrected chi connectivity index (χ2v) is 32.9. The molecule has 724 valence electrons. The fourth-order valence-electron chi connectivity index (χ4n) is 13.6. The van der Waals surface area contributed by atoms with Gasteiger partial charge in [0.25, 0.3) is 0 Å². The van der Waals surface area contributed by atoms with Crippen molar-refractivity contribution < 1.29 is 160 Å². The van der Waals surface area contributed by atoms with Crippen LogP contribution in [-0.4, -0.2) is 364 Å². The van der Waals surface area contributed by atoms with Crippen molar-refractivity contribution in [3.63, 3.8) is 0 Å². The van der Waals surface area contributed by atoms with E-state index in [0.717, 1.165) is 45.6 Å². The van der Waals surface area contributed by atoms with Gasteiger partial charge >= 0.3 is 7.82 Å². The number of carbonyl (C=O) groups excluding carboxylic acids is 11. The lowest BCUT2D eigenvalue weighted by atomic mass is 9.97. The highest BCUT2D eigenvalue weighted by Gasteiger charge is 2.47. The Bertz CT molecular complexity index is 3040. The molecule has 45 heteroatoms. The van der Waals surface area contributed by atoms with Gasteiger partial charge in [0, 0.05) is 145 Å². The lowest BCUT2D eigenvalue weighted by Crippen LogP contribution is -2.64. The molecule has 3 rings (SSSR count). The maximum Gasteiger partial charge on any atom is 0.471 e. The van der Waals surface area contributed by atoms with Crippen LogP contribution >= 0.6 is 7.82 Å². The smallest absolute Gasteiger partial charge is 0.394 e. The molecule has 0 saturated carbocycles. The average molecular weight is 1820 g/mol. The molecule has 14 unspecified atom stereocenters. The zero-order valence-corrected chi connectivity index (χ0v) is 74.3. The van der Waals surface area contributed by atoms with E-state index in [0.29, 0.717) is 96.4 Å². The first-order valence-corrected chi connectivity index (χ1v) is 45.2. The molecular formula is C80H146N11O33P. The number of phosphoric ester groups is 1. The fourth-order valence-corrected chi connectivity index (χ4v) is 14.0. The van der Waals surface area contributed by atoms with E-state index in [2.05, 4.69) is 57.7 Å². The third kappa shape index (κ3) is 49.2. The maximum absolute atomic E-state index is 14.1. The van der Waals surface area contributed by atoms with Crippen molar-refractivity contribution >= 4 is 72.8 Å². The van der Waals surface area contributed by atoms with Gasteiger partial charge in [-0.3, -0.25) is 61.8 Å². The highest BCUT2D eigenvalue weighted by atomic mass is 31.2. The number of aliphatic hydroxyl groups is 9. The van der Waals surface area contributed by atoms with Crippen LogP contribution in [0.1, 0.15) is 201 Å². The summed E-state index contributed by atoms with van der Waals surface area (Å²) < 4.78 is 73.7. The number of nitrogens with one attached hydrogen (secondary N) is 10. The van der Waals surface area contributed by atoms with Crippen molar-refractivity contribution in [3.8, 4) is 0 Å². The summed E-state index contributed by atoms with van der Waals surface area (Å²) in [6, 6.07) is -3.51. The molecule has 3 heterocycles. The molecule has 0 bridgehead atoms. The summed E-state index contributed by atoms with van der Waals surface area (Å²) in [6.07, 6.45) is -2.38. The number of ether oxygens (including phenoxy) is 9. The van der Waals surface area contributed by atoms with Crippen LogP contribution < -0.4 is 53.2 Å². The third-order valence-electron chi connectivity index (χ3n) is 20.5. The normalized spacial score (nSPS) is 22.0. The summed E-state index contributed by atoms with van der Waals surface area (Å²) in [7, 11) is -3.10. The Kier molecular flexibility index (Phi) is 59.5. The molecule has 0 aromatic carbocycles. The number of aliphatic hydroxyl groups excluding tert-OH is 9. The first-order valence-electron chi connectivity index (χ1n) is 43.7. The van der Waals surface area contributed by atoms with E-state index in [9.17, 15) is 108 Å². The van der Waals surface area contributed by atoms with Crippen LogP contribution in [0.15, 0.2) is 0 Å². The van der Waals surface area contributed by atoms with Crippen molar-refractivity contribution in [2.45, 2.75) is 298 Å². The molecule has 16 atom stereocenters. The number of amides is 11. The highest BCUT2D eigenvalue weighted by Crippen LogP contribution is 2.43. The second kappa shape index (κ2) is 66.0. The molecular weight excluding hydrogens is 1670 g/mol. The Balaban J connectivity index is 1.62. The van der Waals surface area contributed by atoms with Gasteiger partial charge in [0.2, 0.25) is 65.0 Å². The Morgan fingerprint density at radius 2 is 0.864 bits per heavy atom. The number of rotatable bonds is 72. The predicted octanol–water partition coefficient (Wildman–Crippen LogP) is -3.39. The highest BCUT2D eigenvalue weighted by molar-refractivity contribution is 7.47. The van der Waals surface area contributed by atoms with E-state index in [1.807, 2.05) is 0 Å². The van der Waals surface area contributed by atoms with E-state index in [1.54, 1.807) is 4.90 Å². The van der Waals surface area contributed by atoms with Crippen LogP contribution in [0.25, 0.3) is 0 Å². The summed E-state index contributed by atoms with van der Waals surface area (Å²) in [5, 5.41) is 118. The Morgan fingerprint density at radius 3 is 1.24 bits per heavy atom. The van der Waals surface area contributed by atoms with Gasteiger partial charge in [-0.15, -0.1) is 0 Å².